The number of ether oxygens (including phenoxy) is 2. The third-order valence-corrected chi connectivity index (χ3v) is 3.54. The van der Waals surface area contributed by atoms with Gasteiger partial charge in [-0.3, -0.25) is 0 Å². The van der Waals surface area contributed by atoms with Crippen molar-refractivity contribution in [2.75, 3.05) is 13.2 Å². The largest absolute Gasteiger partial charge is 0.494 e. The van der Waals surface area contributed by atoms with Crippen LogP contribution in [0.5, 0.6) is 11.5 Å². The van der Waals surface area contributed by atoms with Crippen LogP contribution in [0.25, 0.3) is 0 Å². The van der Waals surface area contributed by atoms with E-state index in [0.29, 0.717) is 19.6 Å². The van der Waals surface area contributed by atoms with Crippen molar-refractivity contribution in [3.05, 3.63) is 40.3 Å². The number of nitrogens with zero attached hydrogens (tertiary/aromatic N) is 2. The molecule has 1 aromatic heterocycles. The zero-order valence-corrected chi connectivity index (χ0v) is 12.2. The van der Waals surface area contributed by atoms with Crippen molar-refractivity contribution in [2.24, 2.45) is 0 Å². The van der Waals surface area contributed by atoms with Crippen LogP contribution in [0, 0.1) is 11.3 Å². The van der Waals surface area contributed by atoms with Gasteiger partial charge in [-0.2, -0.15) is 5.26 Å². The molecule has 2 rings (SSSR count). The Balaban J connectivity index is 1.78. The molecule has 0 fully saturated rings. The standard InChI is InChI=1S/C15H16N2O2S/c1-2-18-13-3-5-14(6-4-13)19-10-8-15-17-12(7-9-16)11-20-15/h3-6,11H,2,7-8,10H2,1H3. The maximum Gasteiger partial charge on any atom is 0.119 e. The van der Waals surface area contributed by atoms with Crippen LogP contribution in [0.2, 0.25) is 0 Å². The van der Waals surface area contributed by atoms with Crippen LogP contribution in [0.3, 0.4) is 0 Å². The first-order valence-corrected chi connectivity index (χ1v) is 7.35. The summed E-state index contributed by atoms with van der Waals surface area (Å²) < 4.78 is 11.0. The van der Waals surface area contributed by atoms with E-state index < -0.39 is 0 Å². The minimum atomic E-state index is 0.371. The lowest BCUT2D eigenvalue weighted by Crippen LogP contribution is -2.01. The maximum absolute atomic E-state index is 8.59. The van der Waals surface area contributed by atoms with Gasteiger partial charge in [-0.15, -0.1) is 11.3 Å². The molecule has 20 heavy (non-hydrogen) atoms. The molecule has 0 saturated carbocycles. The minimum absolute atomic E-state index is 0.371. The number of benzene rings is 1. The molecule has 1 heterocycles. The molecule has 0 aliphatic heterocycles. The summed E-state index contributed by atoms with van der Waals surface area (Å²) in [7, 11) is 0. The molecule has 2 aromatic rings. The maximum atomic E-state index is 8.59. The Morgan fingerprint density at radius 2 is 1.90 bits per heavy atom. The van der Waals surface area contributed by atoms with Gasteiger partial charge in [-0.25, -0.2) is 4.98 Å². The van der Waals surface area contributed by atoms with E-state index >= 15 is 0 Å². The predicted octanol–water partition coefficient (Wildman–Crippen LogP) is 3.23. The monoisotopic (exact) mass is 288 g/mol. The van der Waals surface area contributed by atoms with Gasteiger partial charge in [0.1, 0.15) is 11.5 Å². The van der Waals surface area contributed by atoms with E-state index in [1.165, 1.54) is 0 Å². The summed E-state index contributed by atoms with van der Waals surface area (Å²) in [5.41, 5.74) is 0.841. The van der Waals surface area contributed by atoms with Crippen molar-refractivity contribution in [1.29, 1.82) is 5.26 Å². The highest BCUT2D eigenvalue weighted by molar-refractivity contribution is 7.09. The van der Waals surface area contributed by atoms with Gasteiger partial charge in [0.15, 0.2) is 0 Å². The average molecular weight is 288 g/mol. The minimum Gasteiger partial charge on any atom is -0.494 e. The Hall–Kier alpha value is -2.06. The Morgan fingerprint density at radius 1 is 1.20 bits per heavy atom. The molecule has 0 amide bonds. The molecular formula is C15H16N2O2S. The molecule has 0 saturated heterocycles. The zero-order valence-electron chi connectivity index (χ0n) is 11.3. The second-order valence-corrected chi connectivity index (χ2v) is 5.01. The normalized spacial score (nSPS) is 10.0. The van der Waals surface area contributed by atoms with E-state index in [1.54, 1.807) is 11.3 Å². The lowest BCUT2D eigenvalue weighted by Gasteiger charge is -2.06. The Morgan fingerprint density at radius 3 is 2.55 bits per heavy atom. The van der Waals surface area contributed by atoms with Crippen LogP contribution in [0.15, 0.2) is 29.6 Å². The fraction of sp³-hybridized carbons (Fsp3) is 0.333. The summed E-state index contributed by atoms with van der Waals surface area (Å²) in [5, 5.41) is 11.5. The molecule has 104 valence electrons. The molecule has 0 spiro atoms. The number of nitriles is 1. The third-order valence-electron chi connectivity index (χ3n) is 2.58. The second-order valence-electron chi connectivity index (χ2n) is 4.07. The summed E-state index contributed by atoms with van der Waals surface area (Å²) in [6, 6.07) is 9.68. The first-order valence-electron chi connectivity index (χ1n) is 6.47. The average Bonchev–Trinajstić information content (AvgIpc) is 2.89. The topological polar surface area (TPSA) is 55.1 Å². The summed E-state index contributed by atoms with van der Waals surface area (Å²) in [5.74, 6) is 1.67. The van der Waals surface area contributed by atoms with Gasteiger partial charge >= 0.3 is 0 Å². The molecule has 0 atom stereocenters. The van der Waals surface area contributed by atoms with Crippen LogP contribution >= 0.6 is 11.3 Å². The number of aromatic nitrogens is 1. The quantitative estimate of drug-likeness (QED) is 0.785. The smallest absolute Gasteiger partial charge is 0.119 e. The summed E-state index contributed by atoms with van der Waals surface area (Å²) in [6.07, 6.45) is 1.12. The van der Waals surface area contributed by atoms with Crippen molar-refractivity contribution in [3.8, 4) is 17.6 Å². The Labute approximate surface area is 122 Å². The molecule has 0 unspecified atom stereocenters. The summed E-state index contributed by atoms with van der Waals surface area (Å²) in [4.78, 5) is 4.37. The fourth-order valence-electron chi connectivity index (χ4n) is 1.68. The number of thiazole rings is 1. The molecule has 1 aromatic carbocycles. The van der Waals surface area contributed by atoms with Crippen LogP contribution < -0.4 is 9.47 Å². The predicted molar refractivity (Wildman–Crippen MR) is 78.2 cm³/mol. The van der Waals surface area contributed by atoms with E-state index in [4.69, 9.17) is 14.7 Å². The Kier molecular flexibility index (Phi) is 5.39. The SMILES string of the molecule is CCOc1ccc(OCCc2nc(CC#N)cs2)cc1. The molecule has 0 N–H and O–H groups in total. The van der Waals surface area contributed by atoms with Crippen LogP contribution in [0.1, 0.15) is 17.6 Å². The van der Waals surface area contributed by atoms with Crippen LogP contribution in [-0.4, -0.2) is 18.2 Å². The molecule has 4 nitrogen and oxygen atoms in total. The molecule has 0 bridgehead atoms. The van der Waals surface area contributed by atoms with Gasteiger partial charge in [0.05, 0.1) is 36.4 Å². The van der Waals surface area contributed by atoms with Gasteiger partial charge in [-0.1, -0.05) is 0 Å². The molecule has 0 aliphatic carbocycles. The first kappa shape index (κ1) is 14.4. The molecule has 0 radical (unpaired) electrons. The van der Waals surface area contributed by atoms with E-state index in [9.17, 15) is 0 Å². The Bertz CT molecular complexity index is 572. The van der Waals surface area contributed by atoms with Crippen molar-refractivity contribution < 1.29 is 9.47 Å². The summed E-state index contributed by atoms with van der Waals surface area (Å²) >= 11 is 1.57. The van der Waals surface area contributed by atoms with Gasteiger partial charge in [0, 0.05) is 11.8 Å². The van der Waals surface area contributed by atoms with Crippen molar-refractivity contribution in [3.63, 3.8) is 0 Å². The third kappa shape index (κ3) is 4.25. The van der Waals surface area contributed by atoms with E-state index in [2.05, 4.69) is 11.1 Å². The van der Waals surface area contributed by atoms with E-state index in [1.807, 2.05) is 36.6 Å². The highest BCUT2D eigenvalue weighted by Gasteiger charge is 2.02. The lowest BCUT2D eigenvalue weighted by atomic mass is 10.3. The van der Waals surface area contributed by atoms with Crippen molar-refractivity contribution in [1.82, 2.24) is 4.98 Å². The fourth-order valence-corrected chi connectivity index (χ4v) is 2.46. The number of rotatable bonds is 7. The van der Waals surface area contributed by atoms with Crippen LogP contribution in [-0.2, 0) is 12.8 Å². The van der Waals surface area contributed by atoms with Crippen LogP contribution in [0.4, 0.5) is 0 Å². The van der Waals surface area contributed by atoms with E-state index in [0.717, 1.165) is 28.6 Å². The zero-order chi connectivity index (χ0) is 14.2. The molecule has 0 aliphatic rings. The van der Waals surface area contributed by atoms with E-state index in [-0.39, 0.29) is 0 Å². The first-order chi connectivity index (χ1) is 9.81. The van der Waals surface area contributed by atoms with Crippen molar-refractivity contribution in [2.45, 2.75) is 19.8 Å². The highest BCUT2D eigenvalue weighted by atomic mass is 32.1. The summed E-state index contributed by atoms with van der Waals surface area (Å²) in [6.45, 7) is 3.20. The molecular weight excluding hydrogens is 272 g/mol. The second kappa shape index (κ2) is 7.51. The van der Waals surface area contributed by atoms with Gasteiger partial charge in [0.2, 0.25) is 0 Å². The lowest BCUT2D eigenvalue weighted by molar-refractivity contribution is 0.318. The van der Waals surface area contributed by atoms with Crippen molar-refractivity contribution >= 4 is 11.3 Å². The number of hydrogen-bond donors (Lipinski definition) is 0. The van der Waals surface area contributed by atoms with Gasteiger partial charge in [-0.05, 0) is 31.2 Å². The van der Waals surface area contributed by atoms with Gasteiger partial charge < -0.3 is 9.47 Å². The number of hydrogen-bond acceptors (Lipinski definition) is 5. The highest BCUT2D eigenvalue weighted by Crippen LogP contribution is 2.18. The molecule has 5 heteroatoms. The van der Waals surface area contributed by atoms with Gasteiger partial charge in [0.25, 0.3) is 0 Å².